The molecule has 1 amide bonds. The molecule has 0 spiro atoms. The minimum atomic E-state index is -5.01. The normalized spacial score (nSPS) is 22.3. The van der Waals surface area contributed by atoms with Crippen molar-refractivity contribution in [3.63, 3.8) is 0 Å². The van der Waals surface area contributed by atoms with E-state index in [1.807, 2.05) is 18.2 Å². The van der Waals surface area contributed by atoms with Crippen LogP contribution in [0.4, 0.5) is 26.3 Å². The Morgan fingerprint density at radius 3 is 2.38 bits per heavy atom. The highest BCUT2D eigenvalue weighted by Crippen LogP contribution is 2.59. The van der Waals surface area contributed by atoms with Crippen molar-refractivity contribution in [1.29, 1.82) is 0 Å². The molecule has 3 unspecified atom stereocenters. The van der Waals surface area contributed by atoms with Gasteiger partial charge in [0, 0.05) is 49.5 Å². The molecular formula is C33H29F6N3O5S. The van der Waals surface area contributed by atoms with Crippen LogP contribution in [-0.4, -0.2) is 66.2 Å². The number of carbonyl (C=O) groups excluding carboxylic acids is 1. The highest BCUT2D eigenvalue weighted by molar-refractivity contribution is 8.14. The first-order chi connectivity index (χ1) is 22.9. The fraction of sp³-hybridized carbons (Fsp3) is 0.394. The lowest BCUT2D eigenvalue weighted by Crippen LogP contribution is -2.48. The van der Waals surface area contributed by atoms with Crippen molar-refractivity contribution < 1.29 is 50.1 Å². The van der Waals surface area contributed by atoms with Gasteiger partial charge in [0.15, 0.2) is 28.2 Å². The maximum atomic E-state index is 13.6. The minimum Gasteiger partial charge on any atom is -0.493 e. The number of hydrogen-bond acceptors (Lipinski definition) is 8. The SMILES string of the molecule is COc1cc(C2C3SC(N4CCN(Cc5ccc6c(c5)OCO6)CC4)=NC(=O)C32)ccc1OCc1ccc(C(F)(F)F)cc1C(F)(F)F. The van der Waals surface area contributed by atoms with Crippen molar-refractivity contribution in [1.82, 2.24) is 9.80 Å². The molecule has 3 aromatic carbocycles. The standard InChI is InChI=1S/C33H29F6N3O5S/c1-44-25-13-19(4-7-23(25)45-16-20-3-5-21(32(34,35)36)14-22(20)33(37,38)39)27-28-29(27)48-31(40-30(28)43)42-10-8-41(9-11-42)15-18-2-6-24-26(12-18)47-17-46-24/h2-7,12-14,27-29H,8-11,15-17H2,1H3. The lowest BCUT2D eigenvalue weighted by molar-refractivity contribution is -0.143. The molecule has 1 saturated carbocycles. The van der Waals surface area contributed by atoms with Crippen LogP contribution in [0.25, 0.3) is 0 Å². The van der Waals surface area contributed by atoms with Gasteiger partial charge in [-0.05, 0) is 47.5 Å². The van der Waals surface area contributed by atoms with Gasteiger partial charge in [0.2, 0.25) is 6.79 Å². The summed E-state index contributed by atoms with van der Waals surface area (Å²) in [5.74, 6) is 1.22. The Morgan fingerprint density at radius 2 is 1.65 bits per heavy atom. The third kappa shape index (κ3) is 6.49. The van der Waals surface area contributed by atoms with E-state index >= 15 is 0 Å². The number of carbonyl (C=O) groups is 1. The van der Waals surface area contributed by atoms with Crippen LogP contribution < -0.4 is 18.9 Å². The number of thioether (sulfide) groups is 1. The average molecular weight is 694 g/mol. The summed E-state index contributed by atoms with van der Waals surface area (Å²) in [6.45, 7) is 3.42. The second-order valence-corrected chi connectivity index (χ2v) is 13.0. The molecule has 48 heavy (non-hydrogen) atoms. The van der Waals surface area contributed by atoms with Crippen LogP contribution in [0.2, 0.25) is 0 Å². The number of benzene rings is 3. The number of piperazine rings is 1. The van der Waals surface area contributed by atoms with E-state index in [0.29, 0.717) is 11.2 Å². The van der Waals surface area contributed by atoms with Gasteiger partial charge in [0.05, 0.1) is 24.2 Å². The molecule has 4 aliphatic rings. The summed E-state index contributed by atoms with van der Waals surface area (Å²) in [5.41, 5.74) is -1.34. The first-order valence-electron chi connectivity index (χ1n) is 15.1. The van der Waals surface area contributed by atoms with Crippen molar-refractivity contribution in [2.45, 2.75) is 36.7 Å². The van der Waals surface area contributed by atoms with Crippen LogP contribution in [0.5, 0.6) is 23.0 Å². The second-order valence-electron chi connectivity index (χ2n) is 11.9. The van der Waals surface area contributed by atoms with Gasteiger partial charge >= 0.3 is 12.4 Å². The molecule has 15 heteroatoms. The number of methoxy groups -OCH3 is 1. The van der Waals surface area contributed by atoms with E-state index in [9.17, 15) is 31.1 Å². The molecule has 3 aliphatic heterocycles. The number of amides is 1. The van der Waals surface area contributed by atoms with Crippen molar-refractivity contribution in [3.8, 4) is 23.0 Å². The van der Waals surface area contributed by atoms with E-state index in [0.717, 1.165) is 61.4 Å². The number of amidine groups is 1. The molecule has 3 atom stereocenters. The molecule has 0 bridgehead atoms. The number of hydrogen-bond donors (Lipinski definition) is 0. The van der Waals surface area contributed by atoms with Crippen LogP contribution in [0.3, 0.4) is 0 Å². The van der Waals surface area contributed by atoms with E-state index < -0.39 is 35.6 Å². The third-order valence-corrected chi connectivity index (χ3v) is 10.3. The van der Waals surface area contributed by atoms with Gasteiger partial charge in [0.25, 0.3) is 5.91 Å². The van der Waals surface area contributed by atoms with Crippen molar-refractivity contribution in [2.24, 2.45) is 10.9 Å². The highest BCUT2D eigenvalue weighted by Gasteiger charge is 2.59. The third-order valence-electron chi connectivity index (χ3n) is 8.87. The number of rotatable bonds is 7. The molecule has 3 heterocycles. The smallest absolute Gasteiger partial charge is 0.416 e. The van der Waals surface area contributed by atoms with E-state index in [4.69, 9.17) is 18.9 Å². The topological polar surface area (TPSA) is 72.8 Å². The highest BCUT2D eigenvalue weighted by atomic mass is 32.2. The zero-order chi connectivity index (χ0) is 33.8. The first kappa shape index (κ1) is 32.4. The van der Waals surface area contributed by atoms with E-state index in [2.05, 4.69) is 14.8 Å². The van der Waals surface area contributed by atoms with Gasteiger partial charge in [0.1, 0.15) is 6.61 Å². The number of ether oxygens (including phenoxy) is 4. The fourth-order valence-electron chi connectivity index (χ4n) is 6.29. The summed E-state index contributed by atoms with van der Waals surface area (Å²) < 4.78 is 102. The monoisotopic (exact) mass is 693 g/mol. The van der Waals surface area contributed by atoms with Gasteiger partial charge in [-0.2, -0.15) is 31.3 Å². The summed E-state index contributed by atoms with van der Waals surface area (Å²) in [6.07, 6.45) is -9.93. The van der Waals surface area contributed by atoms with Crippen LogP contribution in [-0.2, 0) is 30.3 Å². The maximum Gasteiger partial charge on any atom is 0.416 e. The quantitative estimate of drug-likeness (QED) is 0.258. The number of fused-ring (bicyclic) bond motifs is 2. The summed E-state index contributed by atoms with van der Waals surface area (Å²) in [5, 5.41) is 0.685. The Hall–Kier alpha value is -4.11. The van der Waals surface area contributed by atoms with E-state index in [1.165, 1.54) is 13.2 Å². The molecule has 2 fully saturated rings. The van der Waals surface area contributed by atoms with Crippen molar-refractivity contribution >= 4 is 22.8 Å². The molecule has 1 aliphatic carbocycles. The van der Waals surface area contributed by atoms with Crippen LogP contribution >= 0.6 is 11.8 Å². The van der Waals surface area contributed by atoms with Crippen molar-refractivity contribution in [2.75, 3.05) is 40.1 Å². The van der Waals surface area contributed by atoms with Gasteiger partial charge in [-0.3, -0.25) is 9.69 Å². The Morgan fingerprint density at radius 1 is 0.875 bits per heavy atom. The summed E-state index contributed by atoms with van der Waals surface area (Å²) in [7, 11) is 1.37. The molecule has 0 N–H and O–H groups in total. The van der Waals surface area contributed by atoms with Gasteiger partial charge in [-0.25, -0.2) is 0 Å². The Balaban J connectivity index is 0.969. The van der Waals surface area contributed by atoms with Gasteiger partial charge in [-0.15, -0.1) is 0 Å². The van der Waals surface area contributed by atoms with E-state index in [-0.39, 0.29) is 47.4 Å². The average Bonchev–Trinajstić information content (AvgIpc) is 3.60. The molecule has 7 rings (SSSR count). The van der Waals surface area contributed by atoms with Crippen LogP contribution in [0.1, 0.15) is 33.7 Å². The Labute approximate surface area is 275 Å². The Kier molecular flexibility index (Phi) is 8.38. The number of halogens is 6. The van der Waals surface area contributed by atoms with Gasteiger partial charge in [-0.1, -0.05) is 30.0 Å². The first-order valence-corrected chi connectivity index (χ1v) is 16.0. The molecule has 1 saturated heterocycles. The summed E-state index contributed by atoms with van der Waals surface area (Å²) in [6, 6.07) is 12.3. The van der Waals surface area contributed by atoms with Crippen LogP contribution in [0.15, 0.2) is 59.6 Å². The molecule has 254 valence electrons. The molecule has 8 nitrogen and oxygen atoms in total. The Bertz CT molecular complexity index is 1760. The summed E-state index contributed by atoms with van der Waals surface area (Å²) in [4.78, 5) is 22.0. The molecule has 0 radical (unpaired) electrons. The number of nitrogens with zero attached hydrogens (tertiary/aromatic N) is 3. The number of alkyl halides is 6. The van der Waals surface area contributed by atoms with Crippen molar-refractivity contribution in [3.05, 3.63) is 82.4 Å². The summed E-state index contributed by atoms with van der Waals surface area (Å²) >= 11 is 1.57. The zero-order valence-corrected chi connectivity index (χ0v) is 26.3. The lowest BCUT2D eigenvalue weighted by Gasteiger charge is -2.36. The molecule has 3 aromatic rings. The van der Waals surface area contributed by atoms with Crippen LogP contribution in [0, 0.1) is 5.92 Å². The minimum absolute atomic E-state index is 0.0189. The molecular weight excluding hydrogens is 664 g/mol. The second kappa shape index (κ2) is 12.4. The number of aliphatic imine (C=N–C) groups is 1. The predicted molar refractivity (Wildman–Crippen MR) is 163 cm³/mol. The van der Waals surface area contributed by atoms with E-state index in [1.54, 1.807) is 23.9 Å². The molecule has 0 aromatic heterocycles. The fourth-order valence-corrected chi connectivity index (χ4v) is 7.82. The largest absolute Gasteiger partial charge is 0.493 e. The maximum absolute atomic E-state index is 13.6. The lowest BCUT2D eigenvalue weighted by atomic mass is 10.0. The van der Waals surface area contributed by atoms with Gasteiger partial charge < -0.3 is 23.8 Å². The predicted octanol–water partition coefficient (Wildman–Crippen LogP) is 6.57. The zero-order valence-electron chi connectivity index (χ0n) is 25.4.